The molecule has 0 saturated carbocycles. The number of rotatable bonds is 5. The standard InChI is InChI=1S/C9H13NO3S/c1-2-8-13-10-14(11,12)9-6-4-3-5-7-9/h3-7,10H,2,8H2,1H3. The van der Waals surface area contributed by atoms with E-state index in [1.807, 2.05) is 11.8 Å². The van der Waals surface area contributed by atoms with E-state index in [9.17, 15) is 8.42 Å². The van der Waals surface area contributed by atoms with Crippen molar-refractivity contribution in [3.05, 3.63) is 30.3 Å². The maximum atomic E-state index is 11.5. The Morgan fingerprint density at radius 2 is 1.93 bits per heavy atom. The molecule has 0 aliphatic rings. The fraction of sp³-hybridized carbons (Fsp3) is 0.333. The van der Waals surface area contributed by atoms with Gasteiger partial charge < -0.3 is 0 Å². The van der Waals surface area contributed by atoms with Gasteiger partial charge in [-0.15, -0.1) is 0 Å². The average molecular weight is 215 g/mol. The summed E-state index contributed by atoms with van der Waals surface area (Å²) in [6.07, 6.45) is 0.761. The fourth-order valence-corrected chi connectivity index (χ4v) is 1.72. The molecule has 0 bridgehead atoms. The first-order valence-electron chi connectivity index (χ1n) is 4.35. The first-order chi connectivity index (χ1) is 6.67. The smallest absolute Gasteiger partial charge is 0.262 e. The molecule has 0 fully saturated rings. The topological polar surface area (TPSA) is 55.4 Å². The molecule has 0 heterocycles. The fourth-order valence-electron chi connectivity index (χ4n) is 0.869. The summed E-state index contributed by atoms with van der Waals surface area (Å²) < 4.78 is 22.9. The lowest BCUT2D eigenvalue weighted by atomic mass is 10.4. The van der Waals surface area contributed by atoms with E-state index in [2.05, 4.69) is 0 Å². The summed E-state index contributed by atoms with van der Waals surface area (Å²) >= 11 is 0. The van der Waals surface area contributed by atoms with Crippen molar-refractivity contribution in [2.75, 3.05) is 6.61 Å². The largest absolute Gasteiger partial charge is 0.287 e. The van der Waals surface area contributed by atoms with Crippen molar-refractivity contribution in [1.82, 2.24) is 4.89 Å². The molecular formula is C9H13NO3S. The SMILES string of the molecule is CCCONS(=O)(=O)c1ccccc1. The van der Waals surface area contributed by atoms with Gasteiger partial charge in [0.25, 0.3) is 10.0 Å². The van der Waals surface area contributed by atoms with Crippen LogP contribution in [0.2, 0.25) is 0 Å². The molecular weight excluding hydrogens is 202 g/mol. The van der Waals surface area contributed by atoms with Gasteiger partial charge in [-0.3, -0.25) is 4.84 Å². The second-order valence-corrected chi connectivity index (χ2v) is 4.39. The molecule has 0 aliphatic heterocycles. The lowest BCUT2D eigenvalue weighted by Gasteiger charge is -2.05. The van der Waals surface area contributed by atoms with Crippen LogP contribution in [0.4, 0.5) is 0 Å². The molecule has 1 rings (SSSR count). The van der Waals surface area contributed by atoms with Gasteiger partial charge in [0.2, 0.25) is 0 Å². The van der Waals surface area contributed by atoms with Crippen LogP contribution in [-0.2, 0) is 14.9 Å². The molecule has 1 aromatic rings. The first kappa shape index (κ1) is 11.2. The highest BCUT2D eigenvalue weighted by Crippen LogP contribution is 2.06. The zero-order valence-electron chi connectivity index (χ0n) is 7.93. The molecule has 0 amide bonds. The summed E-state index contributed by atoms with van der Waals surface area (Å²) in [5, 5.41) is 0. The Morgan fingerprint density at radius 1 is 1.29 bits per heavy atom. The lowest BCUT2D eigenvalue weighted by Crippen LogP contribution is -2.24. The summed E-state index contributed by atoms with van der Waals surface area (Å²) in [7, 11) is -3.50. The van der Waals surface area contributed by atoms with Crippen LogP contribution < -0.4 is 4.89 Å². The van der Waals surface area contributed by atoms with E-state index in [1.54, 1.807) is 18.2 Å². The molecule has 1 N–H and O–H groups in total. The number of nitrogens with one attached hydrogen (secondary N) is 1. The second-order valence-electron chi connectivity index (χ2n) is 2.75. The molecule has 0 radical (unpaired) electrons. The molecule has 14 heavy (non-hydrogen) atoms. The van der Waals surface area contributed by atoms with Crippen LogP contribution >= 0.6 is 0 Å². The molecule has 1 aromatic carbocycles. The van der Waals surface area contributed by atoms with Crippen molar-refractivity contribution < 1.29 is 13.3 Å². The molecule has 0 atom stereocenters. The second kappa shape index (κ2) is 5.09. The summed E-state index contributed by atoms with van der Waals surface area (Å²) in [6.45, 7) is 2.27. The van der Waals surface area contributed by atoms with Gasteiger partial charge in [0, 0.05) is 0 Å². The van der Waals surface area contributed by atoms with Crippen LogP contribution in [0.25, 0.3) is 0 Å². The highest BCUT2D eigenvalue weighted by Gasteiger charge is 2.12. The van der Waals surface area contributed by atoms with Crippen molar-refractivity contribution in [2.45, 2.75) is 18.2 Å². The Bertz CT molecular complexity index is 361. The van der Waals surface area contributed by atoms with Crippen molar-refractivity contribution in [1.29, 1.82) is 0 Å². The van der Waals surface area contributed by atoms with Crippen molar-refractivity contribution in [2.24, 2.45) is 0 Å². The summed E-state index contributed by atoms with van der Waals surface area (Å²) in [4.78, 5) is 7.02. The van der Waals surface area contributed by atoms with E-state index >= 15 is 0 Å². The summed E-state index contributed by atoms with van der Waals surface area (Å²) in [5.74, 6) is 0. The normalized spacial score (nSPS) is 11.5. The third-order valence-corrected chi connectivity index (χ3v) is 2.76. The third-order valence-electron chi connectivity index (χ3n) is 1.53. The number of hydrogen-bond acceptors (Lipinski definition) is 3. The van der Waals surface area contributed by atoms with E-state index < -0.39 is 10.0 Å². The number of sulfonamides is 1. The minimum Gasteiger partial charge on any atom is -0.287 e. The Morgan fingerprint density at radius 3 is 2.50 bits per heavy atom. The average Bonchev–Trinajstić information content (AvgIpc) is 2.19. The highest BCUT2D eigenvalue weighted by atomic mass is 32.2. The molecule has 0 unspecified atom stereocenters. The number of benzene rings is 1. The van der Waals surface area contributed by atoms with Crippen molar-refractivity contribution >= 4 is 10.0 Å². The maximum Gasteiger partial charge on any atom is 0.262 e. The predicted molar refractivity (Wildman–Crippen MR) is 53.0 cm³/mol. The van der Waals surface area contributed by atoms with Crippen LogP contribution in [0.3, 0.4) is 0 Å². The van der Waals surface area contributed by atoms with Gasteiger partial charge in [0.15, 0.2) is 0 Å². The Labute approximate surface area is 83.9 Å². The third kappa shape index (κ3) is 3.10. The van der Waals surface area contributed by atoms with E-state index in [1.165, 1.54) is 12.1 Å². The summed E-state index contributed by atoms with van der Waals surface area (Å²) in [6, 6.07) is 8.10. The number of hydrogen-bond donors (Lipinski definition) is 1. The molecule has 0 aromatic heterocycles. The minimum absolute atomic E-state index is 0.205. The highest BCUT2D eigenvalue weighted by molar-refractivity contribution is 7.89. The van der Waals surface area contributed by atoms with Gasteiger partial charge >= 0.3 is 0 Å². The monoisotopic (exact) mass is 215 g/mol. The van der Waals surface area contributed by atoms with E-state index in [0.29, 0.717) is 6.61 Å². The Hall–Kier alpha value is -0.910. The van der Waals surface area contributed by atoms with Crippen molar-refractivity contribution in [3.8, 4) is 0 Å². The van der Waals surface area contributed by atoms with Crippen LogP contribution in [-0.4, -0.2) is 15.0 Å². The molecule has 0 aliphatic carbocycles. The van der Waals surface area contributed by atoms with Gasteiger partial charge in [0.1, 0.15) is 0 Å². The maximum absolute atomic E-state index is 11.5. The molecule has 78 valence electrons. The molecule has 4 nitrogen and oxygen atoms in total. The van der Waals surface area contributed by atoms with E-state index in [-0.39, 0.29) is 4.90 Å². The molecule has 0 spiro atoms. The minimum atomic E-state index is -3.50. The zero-order valence-corrected chi connectivity index (χ0v) is 8.75. The van der Waals surface area contributed by atoms with Gasteiger partial charge in [-0.1, -0.05) is 30.0 Å². The Balaban J connectivity index is 2.67. The Kier molecular flexibility index (Phi) is 4.06. The first-order valence-corrected chi connectivity index (χ1v) is 5.84. The van der Waals surface area contributed by atoms with Gasteiger partial charge in [-0.25, -0.2) is 8.42 Å². The van der Waals surface area contributed by atoms with Crippen LogP contribution in [0.5, 0.6) is 0 Å². The van der Waals surface area contributed by atoms with Gasteiger partial charge in [-0.05, 0) is 18.6 Å². The molecule has 0 saturated heterocycles. The summed E-state index contributed by atoms with van der Waals surface area (Å²) in [5.41, 5.74) is 0. The van der Waals surface area contributed by atoms with Crippen LogP contribution in [0.15, 0.2) is 35.2 Å². The molecule has 5 heteroatoms. The van der Waals surface area contributed by atoms with E-state index in [0.717, 1.165) is 6.42 Å². The zero-order chi connectivity index (χ0) is 10.4. The van der Waals surface area contributed by atoms with E-state index in [4.69, 9.17) is 4.84 Å². The van der Waals surface area contributed by atoms with Gasteiger partial charge in [-0.2, -0.15) is 0 Å². The quantitative estimate of drug-likeness (QED) is 0.595. The van der Waals surface area contributed by atoms with Crippen LogP contribution in [0.1, 0.15) is 13.3 Å². The lowest BCUT2D eigenvalue weighted by molar-refractivity contribution is 0.0938. The predicted octanol–water partition coefficient (Wildman–Crippen LogP) is 1.31. The van der Waals surface area contributed by atoms with Gasteiger partial charge in [0.05, 0.1) is 11.5 Å². The van der Waals surface area contributed by atoms with Crippen LogP contribution in [0, 0.1) is 0 Å². The van der Waals surface area contributed by atoms with Crippen molar-refractivity contribution in [3.63, 3.8) is 0 Å².